The minimum Gasteiger partial charge on any atom is -0.494 e. The average Bonchev–Trinajstić information content (AvgIpc) is 3.44. The molecule has 0 aliphatic carbocycles. The number of hydrogen-bond donors (Lipinski definition) is 0. The van der Waals surface area contributed by atoms with Crippen LogP contribution in [0.3, 0.4) is 0 Å². The summed E-state index contributed by atoms with van der Waals surface area (Å²) in [6, 6.07) is 33.5. The highest BCUT2D eigenvalue weighted by atomic mass is 16.5. The standard InChI is InChI=1S/C17H25NO2.C15H22N2O.C15H23NO2.C14H20N2O/c1-2-17(19)15-7-9-16(10-8-15)20-14-6-13-18-11-4-3-5-12-18;1-3-17(4-2)11-5-6-12-18-15-9-7-14(13-16)8-10-15;1-4-16(5-2)11-6-12-18-15-9-7-14(8-10-15)13(3)17;1-3-16(4-2)10-5-11-17-14-8-6-13(12-15)7-9-14/h7-10H,2-6,11-14H2,1H3;7-10H,3-6,11-12H2,1-2H3;7-10H,4-6,11-12H2,1-3H3;6-9H,3-5,10-11H2,1-2H3. The predicted octanol–water partition coefficient (Wildman–Crippen LogP) is 12.3. The molecule has 0 spiro atoms. The van der Waals surface area contributed by atoms with E-state index in [0.29, 0.717) is 17.5 Å². The second-order valence-electron chi connectivity index (χ2n) is 17.8. The fourth-order valence-electron chi connectivity index (χ4n) is 7.84. The van der Waals surface area contributed by atoms with Gasteiger partial charge in [-0.3, -0.25) is 9.59 Å². The molecule has 12 heteroatoms. The van der Waals surface area contributed by atoms with E-state index in [-0.39, 0.29) is 11.6 Å². The van der Waals surface area contributed by atoms with Crippen molar-refractivity contribution in [2.24, 2.45) is 0 Å². The summed E-state index contributed by atoms with van der Waals surface area (Å²) in [6.07, 6.45) is 9.97. The van der Waals surface area contributed by atoms with Crippen molar-refractivity contribution in [1.29, 1.82) is 10.5 Å². The fraction of sp³-hybridized carbons (Fsp3) is 0.541. The Morgan fingerprint density at radius 2 is 0.808 bits per heavy atom. The molecule has 1 heterocycles. The lowest BCUT2D eigenvalue weighted by molar-refractivity contribution is 0.0985. The minimum absolute atomic E-state index is 0.0862. The third-order valence-electron chi connectivity index (χ3n) is 12.7. The molecule has 0 bridgehead atoms. The van der Waals surface area contributed by atoms with E-state index in [0.717, 1.165) is 158 Å². The van der Waals surface area contributed by atoms with Gasteiger partial charge in [0, 0.05) is 37.2 Å². The molecule has 0 atom stereocenters. The predicted molar refractivity (Wildman–Crippen MR) is 299 cm³/mol. The van der Waals surface area contributed by atoms with Crippen molar-refractivity contribution in [3.8, 4) is 35.1 Å². The van der Waals surface area contributed by atoms with Crippen LogP contribution in [0.25, 0.3) is 0 Å². The number of ketones is 2. The van der Waals surface area contributed by atoms with Gasteiger partial charge in [-0.15, -0.1) is 0 Å². The van der Waals surface area contributed by atoms with E-state index in [1.165, 1.54) is 32.4 Å². The van der Waals surface area contributed by atoms with E-state index in [1.54, 1.807) is 31.2 Å². The smallest absolute Gasteiger partial charge is 0.162 e. The fourth-order valence-corrected chi connectivity index (χ4v) is 7.84. The summed E-state index contributed by atoms with van der Waals surface area (Å²) in [7, 11) is 0. The first-order valence-corrected chi connectivity index (χ1v) is 27.2. The summed E-state index contributed by atoms with van der Waals surface area (Å²) in [5.74, 6) is 3.64. The number of nitrogens with zero attached hydrogens (tertiary/aromatic N) is 6. The maximum Gasteiger partial charge on any atom is 0.162 e. The monoisotopic (exact) mass is 1000 g/mol. The molecule has 400 valence electrons. The number of hydrogen-bond acceptors (Lipinski definition) is 12. The highest BCUT2D eigenvalue weighted by Crippen LogP contribution is 2.17. The molecule has 0 saturated carbocycles. The largest absolute Gasteiger partial charge is 0.494 e. The van der Waals surface area contributed by atoms with Gasteiger partial charge in [-0.05, 0) is 208 Å². The van der Waals surface area contributed by atoms with Crippen molar-refractivity contribution < 1.29 is 28.5 Å². The number of unbranched alkanes of at least 4 members (excludes halogenated alkanes) is 1. The molecule has 0 amide bonds. The van der Waals surface area contributed by atoms with Crippen LogP contribution in [0.5, 0.6) is 23.0 Å². The number of likely N-dealkylation sites (tertiary alicyclic amines) is 1. The van der Waals surface area contributed by atoms with Crippen LogP contribution in [-0.2, 0) is 0 Å². The Balaban J connectivity index is 0.000000334. The molecule has 1 aliphatic heterocycles. The molecule has 4 aromatic carbocycles. The van der Waals surface area contributed by atoms with E-state index in [9.17, 15) is 9.59 Å². The summed E-state index contributed by atoms with van der Waals surface area (Å²) in [5, 5.41) is 17.3. The first-order valence-electron chi connectivity index (χ1n) is 27.2. The first kappa shape index (κ1) is 63.4. The van der Waals surface area contributed by atoms with Gasteiger partial charge < -0.3 is 38.5 Å². The second kappa shape index (κ2) is 40.7. The quantitative estimate of drug-likeness (QED) is 0.0364. The van der Waals surface area contributed by atoms with Crippen molar-refractivity contribution >= 4 is 11.6 Å². The molecule has 0 aromatic heterocycles. The Hall–Kier alpha value is -5.76. The van der Waals surface area contributed by atoms with E-state index < -0.39 is 0 Å². The summed E-state index contributed by atoms with van der Waals surface area (Å²) >= 11 is 0. The molecule has 1 fully saturated rings. The number of nitriles is 2. The van der Waals surface area contributed by atoms with E-state index in [4.69, 9.17) is 29.5 Å². The van der Waals surface area contributed by atoms with E-state index in [1.807, 2.05) is 79.7 Å². The van der Waals surface area contributed by atoms with Gasteiger partial charge in [-0.1, -0.05) is 54.9 Å². The number of piperidine rings is 1. The maximum absolute atomic E-state index is 11.5. The summed E-state index contributed by atoms with van der Waals surface area (Å²) in [4.78, 5) is 32.3. The van der Waals surface area contributed by atoms with Gasteiger partial charge in [0.25, 0.3) is 0 Å². The topological polar surface area (TPSA) is 132 Å². The summed E-state index contributed by atoms with van der Waals surface area (Å²) < 4.78 is 22.6. The molecule has 4 aromatic rings. The zero-order valence-electron chi connectivity index (χ0n) is 46.0. The van der Waals surface area contributed by atoms with Gasteiger partial charge in [0.1, 0.15) is 23.0 Å². The Morgan fingerprint density at radius 1 is 0.466 bits per heavy atom. The molecule has 0 N–H and O–H groups in total. The molecular formula is C61H90N6O6. The number of Topliss-reactive ketones (excluding diaryl/α,β-unsaturated/α-hetero) is 2. The van der Waals surface area contributed by atoms with Gasteiger partial charge >= 0.3 is 0 Å². The van der Waals surface area contributed by atoms with E-state index >= 15 is 0 Å². The van der Waals surface area contributed by atoms with Gasteiger partial charge in [0.2, 0.25) is 0 Å². The van der Waals surface area contributed by atoms with Crippen LogP contribution in [-0.4, -0.2) is 136 Å². The van der Waals surface area contributed by atoms with Crippen molar-refractivity contribution in [1.82, 2.24) is 19.6 Å². The van der Waals surface area contributed by atoms with Crippen LogP contribution in [0.1, 0.15) is 145 Å². The number of ether oxygens (including phenoxy) is 4. The Kier molecular flexibility index (Phi) is 35.3. The van der Waals surface area contributed by atoms with Crippen LogP contribution in [0.2, 0.25) is 0 Å². The van der Waals surface area contributed by atoms with Crippen LogP contribution in [0.15, 0.2) is 97.1 Å². The number of carbonyl (C=O) groups is 2. The molecule has 12 nitrogen and oxygen atoms in total. The van der Waals surface area contributed by atoms with Crippen LogP contribution in [0.4, 0.5) is 0 Å². The lowest BCUT2D eigenvalue weighted by Gasteiger charge is -2.26. The number of rotatable bonds is 30. The summed E-state index contributed by atoms with van der Waals surface area (Å²) in [6.45, 7) is 32.9. The van der Waals surface area contributed by atoms with Gasteiger partial charge in [0.15, 0.2) is 11.6 Å². The van der Waals surface area contributed by atoms with Crippen LogP contribution >= 0.6 is 0 Å². The summed E-state index contributed by atoms with van der Waals surface area (Å²) in [5.41, 5.74) is 2.84. The third-order valence-corrected chi connectivity index (χ3v) is 12.7. The van der Waals surface area contributed by atoms with Crippen molar-refractivity contribution in [2.75, 3.05) is 105 Å². The number of carbonyl (C=O) groups excluding carboxylic acids is 2. The zero-order valence-corrected chi connectivity index (χ0v) is 46.0. The highest BCUT2D eigenvalue weighted by molar-refractivity contribution is 5.96. The molecule has 0 unspecified atom stereocenters. The second-order valence-corrected chi connectivity index (χ2v) is 17.8. The molecule has 5 rings (SSSR count). The Labute approximate surface area is 441 Å². The normalized spacial score (nSPS) is 12.0. The molecule has 73 heavy (non-hydrogen) atoms. The average molecular weight is 1000 g/mol. The highest BCUT2D eigenvalue weighted by Gasteiger charge is 2.10. The van der Waals surface area contributed by atoms with Crippen molar-refractivity contribution in [3.63, 3.8) is 0 Å². The van der Waals surface area contributed by atoms with Gasteiger partial charge in [0.05, 0.1) is 49.7 Å². The Morgan fingerprint density at radius 3 is 1.16 bits per heavy atom. The van der Waals surface area contributed by atoms with Crippen molar-refractivity contribution in [2.45, 2.75) is 113 Å². The number of benzene rings is 4. The van der Waals surface area contributed by atoms with Crippen LogP contribution < -0.4 is 18.9 Å². The first-order chi connectivity index (χ1) is 35.6. The van der Waals surface area contributed by atoms with Gasteiger partial charge in [-0.2, -0.15) is 10.5 Å². The van der Waals surface area contributed by atoms with Gasteiger partial charge in [-0.25, -0.2) is 0 Å². The molecule has 1 saturated heterocycles. The minimum atomic E-state index is 0.0862. The SMILES string of the molecule is CCC(=O)c1ccc(OCCCN2CCCCC2)cc1.CCN(CC)CCCCOc1ccc(C#N)cc1.CCN(CC)CCCOc1ccc(C#N)cc1.CCN(CC)CCCOc1ccc(C(C)=O)cc1. The third kappa shape index (κ3) is 28.9. The van der Waals surface area contributed by atoms with Crippen molar-refractivity contribution in [3.05, 3.63) is 119 Å². The maximum atomic E-state index is 11.5. The van der Waals surface area contributed by atoms with E-state index in [2.05, 4.69) is 73.3 Å². The molecular weight excluding hydrogens is 913 g/mol. The zero-order chi connectivity index (χ0) is 53.3. The lowest BCUT2D eigenvalue weighted by Crippen LogP contribution is -2.31. The lowest BCUT2D eigenvalue weighted by atomic mass is 10.1. The molecule has 1 aliphatic rings. The van der Waals surface area contributed by atoms with Crippen LogP contribution in [0, 0.1) is 22.7 Å². The Bertz CT molecular complexity index is 2080. The molecule has 0 radical (unpaired) electrons.